The predicted octanol–water partition coefficient (Wildman–Crippen LogP) is 2.22. The van der Waals surface area contributed by atoms with Crippen molar-refractivity contribution in [1.82, 2.24) is 4.31 Å². The first-order chi connectivity index (χ1) is 10.5. The second-order valence-corrected chi connectivity index (χ2v) is 7.85. The van der Waals surface area contributed by atoms with Gasteiger partial charge in [0.2, 0.25) is 10.0 Å². The lowest BCUT2D eigenvalue weighted by molar-refractivity contribution is -0.0586. The summed E-state index contributed by atoms with van der Waals surface area (Å²) >= 11 is 0. The van der Waals surface area contributed by atoms with Crippen molar-refractivity contribution in [2.75, 3.05) is 13.2 Å². The average molecular weight is 323 g/mol. The topological polar surface area (TPSA) is 63.7 Å². The van der Waals surface area contributed by atoms with Gasteiger partial charge in [-0.3, -0.25) is 4.79 Å². The van der Waals surface area contributed by atoms with Gasteiger partial charge in [-0.05, 0) is 31.9 Å². The molecule has 1 aliphatic carbocycles. The zero-order chi connectivity index (χ0) is 15.7. The van der Waals surface area contributed by atoms with E-state index in [0.29, 0.717) is 18.7 Å². The zero-order valence-electron chi connectivity index (χ0n) is 12.7. The Kier molecular flexibility index (Phi) is 4.34. The van der Waals surface area contributed by atoms with Crippen LogP contribution in [0.3, 0.4) is 0 Å². The minimum Gasteiger partial charge on any atom is -0.375 e. The van der Waals surface area contributed by atoms with Gasteiger partial charge in [0, 0.05) is 12.1 Å². The molecule has 1 aromatic rings. The van der Waals surface area contributed by atoms with Gasteiger partial charge in [0.1, 0.15) is 0 Å². The van der Waals surface area contributed by atoms with Gasteiger partial charge in [-0.2, -0.15) is 4.31 Å². The number of nitrogens with zero attached hydrogens (tertiary/aromatic N) is 1. The van der Waals surface area contributed by atoms with Crippen LogP contribution in [0.1, 0.15) is 43.0 Å². The highest BCUT2D eigenvalue weighted by atomic mass is 32.2. The van der Waals surface area contributed by atoms with E-state index in [1.807, 2.05) is 0 Å². The number of hydrogen-bond donors (Lipinski definition) is 0. The summed E-state index contributed by atoms with van der Waals surface area (Å²) in [5.74, 6) is -0.0670. The Morgan fingerprint density at radius 2 is 1.86 bits per heavy atom. The highest BCUT2D eigenvalue weighted by Gasteiger charge is 2.40. The Morgan fingerprint density at radius 1 is 1.18 bits per heavy atom. The summed E-state index contributed by atoms with van der Waals surface area (Å²) in [5.41, 5.74) is 0.525. The second kappa shape index (κ2) is 6.10. The van der Waals surface area contributed by atoms with Crippen LogP contribution >= 0.6 is 0 Å². The highest BCUT2D eigenvalue weighted by Crippen LogP contribution is 2.32. The van der Waals surface area contributed by atoms with Crippen molar-refractivity contribution < 1.29 is 17.9 Å². The number of fused-ring (bicyclic) bond motifs is 1. The van der Waals surface area contributed by atoms with Crippen molar-refractivity contribution in [3.63, 3.8) is 0 Å². The summed E-state index contributed by atoms with van der Waals surface area (Å²) in [6.07, 6.45) is 3.95. The van der Waals surface area contributed by atoms with E-state index in [9.17, 15) is 13.2 Å². The molecule has 2 atom stereocenters. The molecule has 6 heteroatoms. The molecule has 0 aromatic heterocycles. The summed E-state index contributed by atoms with van der Waals surface area (Å²) in [6.45, 7) is 2.32. The number of hydrogen-bond acceptors (Lipinski definition) is 4. The number of carbonyl (C=O) groups excluding carboxylic acids is 1. The van der Waals surface area contributed by atoms with Gasteiger partial charge in [0.25, 0.3) is 0 Å². The molecular weight excluding hydrogens is 302 g/mol. The van der Waals surface area contributed by atoms with E-state index in [0.717, 1.165) is 25.7 Å². The van der Waals surface area contributed by atoms with Gasteiger partial charge in [-0.25, -0.2) is 8.42 Å². The average Bonchev–Trinajstić information content (AvgIpc) is 2.54. The van der Waals surface area contributed by atoms with Crippen LogP contribution in [0.4, 0.5) is 0 Å². The third-order valence-corrected chi connectivity index (χ3v) is 6.49. The highest BCUT2D eigenvalue weighted by molar-refractivity contribution is 7.89. The lowest BCUT2D eigenvalue weighted by Crippen LogP contribution is -2.54. The maximum atomic E-state index is 12.9. The molecule has 2 fully saturated rings. The van der Waals surface area contributed by atoms with E-state index in [-0.39, 0.29) is 22.8 Å². The summed E-state index contributed by atoms with van der Waals surface area (Å²) in [4.78, 5) is 11.6. The summed E-state index contributed by atoms with van der Waals surface area (Å²) in [5, 5.41) is 0. The monoisotopic (exact) mass is 323 g/mol. The number of Topliss-reactive ketones (excluding diaryl/α,β-unsaturated/α-hetero) is 1. The van der Waals surface area contributed by atoms with Crippen LogP contribution in [0.2, 0.25) is 0 Å². The molecule has 0 spiro atoms. The van der Waals surface area contributed by atoms with Gasteiger partial charge in [0.05, 0.1) is 23.6 Å². The smallest absolute Gasteiger partial charge is 0.243 e. The van der Waals surface area contributed by atoms with Crippen molar-refractivity contribution in [2.24, 2.45) is 0 Å². The molecule has 3 rings (SSSR count). The molecule has 1 aromatic carbocycles. The number of morpholine rings is 1. The van der Waals surface area contributed by atoms with E-state index < -0.39 is 10.0 Å². The van der Waals surface area contributed by atoms with Crippen LogP contribution in [0.15, 0.2) is 29.2 Å². The van der Waals surface area contributed by atoms with Crippen LogP contribution in [0, 0.1) is 0 Å². The van der Waals surface area contributed by atoms with Gasteiger partial charge in [-0.1, -0.05) is 25.0 Å². The maximum Gasteiger partial charge on any atom is 0.243 e. The first-order valence-corrected chi connectivity index (χ1v) is 9.18. The Bertz CT molecular complexity index is 651. The number of ketones is 1. The van der Waals surface area contributed by atoms with Crippen LogP contribution in [-0.2, 0) is 14.8 Å². The molecule has 1 saturated heterocycles. The fourth-order valence-electron chi connectivity index (χ4n) is 3.36. The molecule has 120 valence electrons. The Balaban J connectivity index is 1.89. The van der Waals surface area contributed by atoms with E-state index >= 15 is 0 Å². The quantitative estimate of drug-likeness (QED) is 0.800. The first-order valence-electron chi connectivity index (χ1n) is 7.74. The molecule has 22 heavy (non-hydrogen) atoms. The fraction of sp³-hybridized carbons (Fsp3) is 0.562. The molecule has 5 nitrogen and oxygen atoms in total. The molecule has 0 unspecified atom stereocenters. The first kappa shape index (κ1) is 15.6. The largest absolute Gasteiger partial charge is 0.375 e. The molecule has 1 aliphatic heterocycles. The SMILES string of the molecule is CC(=O)c1ccc(S(=O)(=O)N2CCO[C@@H]3CCCC[C@H]32)cc1. The fourth-order valence-corrected chi connectivity index (χ4v) is 5.02. The van der Waals surface area contributed by atoms with Gasteiger partial charge in [0.15, 0.2) is 5.78 Å². The standard InChI is InChI=1S/C16H21NO4S/c1-12(18)13-6-8-14(9-7-13)22(19,20)17-10-11-21-16-5-3-2-4-15(16)17/h6-9,15-16H,2-5,10-11H2,1H3/t15-,16-/m1/s1. The third kappa shape index (κ3) is 2.83. The van der Waals surface area contributed by atoms with Crippen molar-refractivity contribution in [2.45, 2.75) is 49.6 Å². The number of benzene rings is 1. The van der Waals surface area contributed by atoms with Crippen molar-refractivity contribution in [1.29, 1.82) is 0 Å². The predicted molar refractivity (Wildman–Crippen MR) is 82.3 cm³/mol. The Morgan fingerprint density at radius 3 is 2.55 bits per heavy atom. The van der Waals surface area contributed by atoms with Gasteiger partial charge < -0.3 is 4.74 Å². The van der Waals surface area contributed by atoms with Crippen LogP contribution in [0.25, 0.3) is 0 Å². The normalized spacial score (nSPS) is 26.4. The zero-order valence-corrected chi connectivity index (χ0v) is 13.5. The molecule has 0 N–H and O–H groups in total. The van der Waals surface area contributed by atoms with Crippen molar-refractivity contribution in [3.8, 4) is 0 Å². The van der Waals surface area contributed by atoms with Crippen LogP contribution < -0.4 is 0 Å². The number of rotatable bonds is 3. The molecule has 0 amide bonds. The third-order valence-electron chi connectivity index (χ3n) is 4.55. The Labute approximate surface area is 131 Å². The van der Waals surface area contributed by atoms with E-state index in [1.54, 1.807) is 16.4 Å². The summed E-state index contributed by atoms with van der Waals surface area (Å²) in [6, 6.07) is 6.15. The lowest BCUT2D eigenvalue weighted by Gasteiger charge is -2.42. The van der Waals surface area contributed by atoms with Crippen molar-refractivity contribution >= 4 is 15.8 Å². The number of ether oxygens (including phenoxy) is 1. The molecule has 0 radical (unpaired) electrons. The minimum atomic E-state index is -3.53. The second-order valence-electron chi connectivity index (χ2n) is 5.96. The maximum absolute atomic E-state index is 12.9. The molecule has 1 saturated carbocycles. The Hall–Kier alpha value is -1.24. The van der Waals surface area contributed by atoms with Gasteiger partial charge >= 0.3 is 0 Å². The van der Waals surface area contributed by atoms with Crippen LogP contribution in [0.5, 0.6) is 0 Å². The van der Waals surface area contributed by atoms with E-state index in [1.165, 1.54) is 19.1 Å². The van der Waals surface area contributed by atoms with Crippen molar-refractivity contribution in [3.05, 3.63) is 29.8 Å². The van der Waals surface area contributed by atoms with E-state index in [2.05, 4.69) is 0 Å². The summed E-state index contributed by atoms with van der Waals surface area (Å²) in [7, 11) is -3.53. The summed E-state index contributed by atoms with van der Waals surface area (Å²) < 4.78 is 33.2. The lowest BCUT2D eigenvalue weighted by atomic mass is 9.91. The molecule has 1 heterocycles. The molecule has 2 aliphatic rings. The van der Waals surface area contributed by atoms with E-state index in [4.69, 9.17) is 4.74 Å². The number of carbonyl (C=O) groups is 1. The van der Waals surface area contributed by atoms with Crippen LogP contribution in [-0.4, -0.2) is 43.8 Å². The van der Waals surface area contributed by atoms with Gasteiger partial charge in [-0.15, -0.1) is 0 Å². The molecular formula is C16H21NO4S. The number of sulfonamides is 1. The minimum absolute atomic E-state index is 0.0220. The molecule has 0 bridgehead atoms.